The molecule has 0 spiro atoms. The van der Waals surface area contributed by atoms with Gasteiger partial charge in [0.25, 0.3) is 0 Å². The Morgan fingerprint density at radius 1 is 1.43 bits per heavy atom. The van der Waals surface area contributed by atoms with Gasteiger partial charge in [-0.2, -0.15) is 0 Å². The molecule has 0 bridgehead atoms. The first-order chi connectivity index (χ1) is 3.21. The molecule has 0 saturated carbocycles. The summed E-state index contributed by atoms with van der Waals surface area (Å²) >= 11 is 0. The SMILES string of the molecule is OP1(O)=CCCC1. The van der Waals surface area contributed by atoms with E-state index < -0.39 is 7.34 Å². The van der Waals surface area contributed by atoms with E-state index in [0.717, 1.165) is 12.8 Å². The highest BCUT2D eigenvalue weighted by Crippen LogP contribution is 2.41. The van der Waals surface area contributed by atoms with Crippen molar-refractivity contribution in [3.63, 3.8) is 0 Å². The maximum atomic E-state index is 8.81. The lowest BCUT2D eigenvalue weighted by molar-refractivity contribution is 0.478. The third-order valence-electron chi connectivity index (χ3n) is 1.11. The van der Waals surface area contributed by atoms with Crippen molar-refractivity contribution >= 4 is 13.1 Å². The molecule has 1 aliphatic rings. The highest BCUT2D eigenvalue weighted by molar-refractivity contribution is 7.64. The summed E-state index contributed by atoms with van der Waals surface area (Å²) in [4.78, 5) is 17.6. The van der Waals surface area contributed by atoms with E-state index in [9.17, 15) is 0 Å². The zero-order valence-corrected chi connectivity index (χ0v) is 4.93. The molecule has 7 heavy (non-hydrogen) atoms. The smallest absolute Gasteiger partial charge is 0.115 e. The Balaban J connectivity index is 2.68. The lowest BCUT2D eigenvalue weighted by Crippen LogP contribution is -1.77. The molecule has 3 heteroatoms. The molecule has 0 amide bonds. The van der Waals surface area contributed by atoms with Gasteiger partial charge in [0.05, 0.1) is 0 Å². The molecule has 0 aromatic rings. The summed E-state index contributed by atoms with van der Waals surface area (Å²) in [5, 5.41) is 0. The predicted molar refractivity (Wildman–Crippen MR) is 31.5 cm³/mol. The molecule has 0 unspecified atom stereocenters. The number of rotatable bonds is 0. The van der Waals surface area contributed by atoms with E-state index in [1.807, 2.05) is 0 Å². The number of hydrogen-bond donors (Lipinski definition) is 2. The van der Waals surface area contributed by atoms with E-state index in [0.29, 0.717) is 6.16 Å². The standard InChI is InChI=1S/C4H9O2P/c5-7(6)3-1-2-4-7/h3,5-6H,1-2,4H2. The summed E-state index contributed by atoms with van der Waals surface area (Å²) in [5.41, 5.74) is 0. The molecule has 0 atom stereocenters. The molecule has 0 aromatic carbocycles. The molecule has 1 aliphatic heterocycles. The van der Waals surface area contributed by atoms with Crippen LogP contribution in [0.5, 0.6) is 0 Å². The molecular weight excluding hydrogens is 111 g/mol. The van der Waals surface area contributed by atoms with Crippen LogP contribution in [-0.4, -0.2) is 21.7 Å². The Kier molecular flexibility index (Phi) is 1.24. The Labute approximate surface area is 42.9 Å². The molecule has 1 rings (SSSR count). The first kappa shape index (κ1) is 5.36. The Hall–Kier alpha value is 0.220. The average Bonchev–Trinajstić information content (AvgIpc) is 1.84. The molecule has 2 nitrogen and oxygen atoms in total. The van der Waals surface area contributed by atoms with E-state index in [-0.39, 0.29) is 0 Å². The lowest BCUT2D eigenvalue weighted by Gasteiger charge is -2.01. The van der Waals surface area contributed by atoms with Gasteiger partial charge in [-0.25, -0.2) is 0 Å². The fourth-order valence-electron chi connectivity index (χ4n) is 0.713. The second kappa shape index (κ2) is 1.62. The molecule has 0 saturated heterocycles. The van der Waals surface area contributed by atoms with Gasteiger partial charge >= 0.3 is 0 Å². The summed E-state index contributed by atoms with van der Waals surface area (Å²) in [6.07, 6.45) is 2.47. The van der Waals surface area contributed by atoms with Crippen LogP contribution in [0.25, 0.3) is 0 Å². The van der Waals surface area contributed by atoms with Crippen LogP contribution in [0.2, 0.25) is 0 Å². The average molecular weight is 120 g/mol. The van der Waals surface area contributed by atoms with Gasteiger partial charge in [-0.3, -0.25) is 0 Å². The summed E-state index contributed by atoms with van der Waals surface area (Å²) < 4.78 is 0. The monoisotopic (exact) mass is 120 g/mol. The molecular formula is C4H9O2P. The van der Waals surface area contributed by atoms with Gasteiger partial charge in [-0.15, -0.1) is 0 Å². The van der Waals surface area contributed by atoms with Crippen LogP contribution in [0.1, 0.15) is 12.8 Å². The van der Waals surface area contributed by atoms with Gasteiger partial charge < -0.3 is 9.79 Å². The summed E-state index contributed by atoms with van der Waals surface area (Å²) in [7, 11) is -2.42. The second-order valence-corrected chi connectivity index (χ2v) is 4.22. The van der Waals surface area contributed by atoms with Crippen molar-refractivity contribution in [2.45, 2.75) is 12.8 Å². The van der Waals surface area contributed by atoms with E-state index in [2.05, 4.69) is 0 Å². The van der Waals surface area contributed by atoms with Crippen LogP contribution in [-0.2, 0) is 0 Å². The Morgan fingerprint density at radius 2 is 2.14 bits per heavy atom. The third-order valence-corrected chi connectivity index (χ3v) is 2.93. The van der Waals surface area contributed by atoms with E-state index >= 15 is 0 Å². The Morgan fingerprint density at radius 3 is 2.29 bits per heavy atom. The van der Waals surface area contributed by atoms with Gasteiger partial charge in [-0.05, 0) is 18.6 Å². The molecule has 0 aromatic heterocycles. The quantitative estimate of drug-likeness (QED) is 0.454. The lowest BCUT2D eigenvalue weighted by atomic mass is 10.4. The molecule has 2 N–H and O–H groups in total. The first-order valence-corrected chi connectivity index (χ1v) is 4.33. The largest absolute Gasteiger partial charge is 0.353 e. The fourth-order valence-corrected chi connectivity index (χ4v) is 2.14. The van der Waals surface area contributed by atoms with Crippen molar-refractivity contribution in [1.82, 2.24) is 0 Å². The summed E-state index contributed by atoms with van der Waals surface area (Å²) in [5.74, 6) is 1.65. The van der Waals surface area contributed by atoms with Crippen LogP contribution in [0.15, 0.2) is 0 Å². The van der Waals surface area contributed by atoms with E-state index in [4.69, 9.17) is 9.79 Å². The zero-order chi connectivity index (χ0) is 5.33. The molecule has 0 radical (unpaired) electrons. The topological polar surface area (TPSA) is 40.5 Å². The van der Waals surface area contributed by atoms with E-state index in [1.165, 1.54) is 0 Å². The van der Waals surface area contributed by atoms with Crippen LogP contribution >= 0.6 is 7.34 Å². The fraction of sp³-hybridized carbons (Fsp3) is 0.750. The van der Waals surface area contributed by atoms with Crippen molar-refractivity contribution in [3.8, 4) is 0 Å². The normalized spacial score (nSPS) is 27.1. The second-order valence-electron chi connectivity index (χ2n) is 1.83. The van der Waals surface area contributed by atoms with Gasteiger partial charge in [-0.1, -0.05) is 0 Å². The van der Waals surface area contributed by atoms with Gasteiger partial charge in [0, 0.05) is 6.16 Å². The van der Waals surface area contributed by atoms with Crippen LogP contribution in [0.4, 0.5) is 0 Å². The first-order valence-electron chi connectivity index (χ1n) is 2.38. The third kappa shape index (κ3) is 1.30. The van der Waals surface area contributed by atoms with Crippen LogP contribution in [0.3, 0.4) is 0 Å². The predicted octanol–water partition coefficient (Wildman–Crippen LogP) is 0.415. The number of hydrogen-bond acceptors (Lipinski definition) is 2. The molecule has 1 heterocycles. The maximum Gasteiger partial charge on any atom is 0.115 e. The van der Waals surface area contributed by atoms with Crippen molar-refractivity contribution < 1.29 is 9.79 Å². The van der Waals surface area contributed by atoms with Crippen molar-refractivity contribution in [3.05, 3.63) is 0 Å². The highest BCUT2D eigenvalue weighted by Gasteiger charge is 2.12. The summed E-state index contributed by atoms with van der Waals surface area (Å²) in [6, 6.07) is 0. The Bertz CT molecular complexity index is 113. The maximum absolute atomic E-state index is 8.81. The van der Waals surface area contributed by atoms with Crippen molar-refractivity contribution in [2.75, 3.05) is 6.16 Å². The molecule has 0 fully saturated rings. The van der Waals surface area contributed by atoms with Crippen LogP contribution < -0.4 is 0 Å². The van der Waals surface area contributed by atoms with Crippen molar-refractivity contribution in [2.24, 2.45) is 0 Å². The minimum absolute atomic E-state index is 0.618. The molecule has 42 valence electrons. The zero-order valence-electron chi connectivity index (χ0n) is 4.04. The van der Waals surface area contributed by atoms with E-state index in [1.54, 1.807) is 5.80 Å². The van der Waals surface area contributed by atoms with Gasteiger partial charge in [0.1, 0.15) is 7.34 Å². The van der Waals surface area contributed by atoms with Gasteiger partial charge in [0.15, 0.2) is 0 Å². The molecule has 0 aliphatic carbocycles. The van der Waals surface area contributed by atoms with Crippen molar-refractivity contribution in [1.29, 1.82) is 0 Å². The van der Waals surface area contributed by atoms with Gasteiger partial charge in [0.2, 0.25) is 0 Å². The minimum atomic E-state index is -2.42. The minimum Gasteiger partial charge on any atom is -0.353 e. The summed E-state index contributed by atoms with van der Waals surface area (Å²) in [6.45, 7) is 0. The highest BCUT2D eigenvalue weighted by atomic mass is 31.2. The van der Waals surface area contributed by atoms with Crippen LogP contribution in [0, 0.1) is 0 Å².